The van der Waals surface area contributed by atoms with Crippen LogP contribution in [0.5, 0.6) is 0 Å². The van der Waals surface area contributed by atoms with Gasteiger partial charge in [0.25, 0.3) is 5.91 Å². The molecular weight excluding hydrogens is 478 g/mol. The summed E-state index contributed by atoms with van der Waals surface area (Å²) in [5.41, 5.74) is 2.02. The SMILES string of the molecule is C=C(Cl)/C=c1/sc(COC(=O)NCc2ccc3c(c2)C(=O)N(C2CCC(=O)NC2=O)C3)cc1=C. The van der Waals surface area contributed by atoms with Crippen LogP contribution in [-0.2, 0) is 34.0 Å². The van der Waals surface area contributed by atoms with Gasteiger partial charge in [0.2, 0.25) is 11.8 Å². The third-order valence-electron chi connectivity index (χ3n) is 5.56. The van der Waals surface area contributed by atoms with Crippen LogP contribution in [0.1, 0.15) is 39.2 Å². The first-order chi connectivity index (χ1) is 16.2. The Kier molecular flexibility index (Phi) is 6.85. The van der Waals surface area contributed by atoms with E-state index in [0.29, 0.717) is 23.6 Å². The Labute approximate surface area is 204 Å². The number of carbonyl (C=O) groups excluding carboxylic acids is 4. The number of hydrogen-bond acceptors (Lipinski definition) is 6. The molecule has 1 atom stereocenters. The molecule has 0 saturated carbocycles. The van der Waals surface area contributed by atoms with Crippen LogP contribution in [0.4, 0.5) is 4.79 Å². The van der Waals surface area contributed by atoms with Crippen LogP contribution in [0.3, 0.4) is 0 Å². The molecule has 4 rings (SSSR count). The lowest BCUT2D eigenvalue weighted by atomic mass is 10.0. The molecule has 0 radical (unpaired) electrons. The molecule has 8 nitrogen and oxygen atoms in total. The highest BCUT2D eigenvalue weighted by molar-refractivity contribution is 7.09. The Hall–Kier alpha value is -3.43. The first-order valence-corrected chi connectivity index (χ1v) is 11.7. The molecule has 1 saturated heterocycles. The highest BCUT2D eigenvalue weighted by Crippen LogP contribution is 2.28. The van der Waals surface area contributed by atoms with Crippen LogP contribution in [0.25, 0.3) is 12.7 Å². The van der Waals surface area contributed by atoms with Gasteiger partial charge >= 0.3 is 6.09 Å². The average Bonchev–Trinajstić information content (AvgIpc) is 3.29. The fraction of sp³-hybridized carbons (Fsp3) is 0.250. The normalized spacial score (nSPS) is 18.0. The number of nitrogens with zero attached hydrogens (tertiary/aromatic N) is 1. The second-order valence-corrected chi connectivity index (χ2v) is 9.67. The summed E-state index contributed by atoms with van der Waals surface area (Å²) in [6.07, 6.45) is 1.62. The number of alkyl carbamates (subject to hydrolysis) is 1. The number of carbonyl (C=O) groups is 4. The van der Waals surface area contributed by atoms with Gasteiger partial charge in [-0.05, 0) is 41.0 Å². The summed E-state index contributed by atoms with van der Waals surface area (Å²) in [5.74, 6) is -1.03. The van der Waals surface area contributed by atoms with Gasteiger partial charge in [-0.1, -0.05) is 36.9 Å². The third kappa shape index (κ3) is 5.21. The number of piperidine rings is 1. The predicted octanol–water partition coefficient (Wildman–Crippen LogP) is 1.88. The number of ether oxygens (including phenoxy) is 1. The standard InChI is InChI=1S/C24H22ClN3O5S/c1-13-7-17(34-20(13)8-14(2)25)12-33-24(32)26-10-15-3-4-16-11-28(23(31)18(16)9-15)19-5-6-21(29)27-22(19)30/h3-4,7-9,19H,1-2,5-6,10-12H2,(H,26,32)(H,27,29,30)/b20-8+. The van der Waals surface area contributed by atoms with Crippen molar-refractivity contribution >= 4 is 59.4 Å². The Morgan fingerprint density at radius 1 is 1.32 bits per heavy atom. The fourth-order valence-electron chi connectivity index (χ4n) is 3.91. The van der Waals surface area contributed by atoms with Crippen LogP contribution in [0.15, 0.2) is 35.9 Å². The van der Waals surface area contributed by atoms with E-state index in [1.807, 2.05) is 18.2 Å². The van der Waals surface area contributed by atoms with Crippen molar-refractivity contribution in [3.05, 3.63) is 67.2 Å². The van der Waals surface area contributed by atoms with Crippen LogP contribution in [0, 0.1) is 0 Å². The first-order valence-electron chi connectivity index (χ1n) is 10.5. The van der Waals surface area contributed by atoms with Gasteiger partial charge in [0.15, 0.2) is 0 Å². The Morgan fingerprint density at radius 2 is 2.12 bits per heavy atom. The van der Waals surface area contributed by atoms with Crippen LogP contribution >= 0.6 is 22.9 Å². The van der Waals surface area contributed by atoms with Crippen molar-refractivity contribution in [3.8, 4) is 0 Å². The van der Waals surface area contributed by atoms with E-state index in [0.717, 1.165) is 25.8 Å². The molecular formula is C24H22ClN3O5S. The van der Waals surface area contributed by atoms with E-state index in [2.05, 4.69) is 23.8 Å². The quantitative estimate of drug-likeness (QED) is 0.590. The minimum absolute atomic E-state index is 0.0885. The number of thiophene rings is 1. The smallest absolute Gasteiger partial charge is 0.407 e. The molecule has 2 aromatic rings. The van der Waals surface area contributed by atoms with Gasteiger partial charge in [-0.25, -0.2) is 4.79 Å². The van der Waals surface area contributed by atoms with Crippen molar-refractivity contribution in [2.24, 2.45) is 0 Å². The lowest BCUT2D eigenvalue weighted by Gasteiger charge is -2.29. The van der Waals surface area contributed by atoms with Crippen LogP contribution in [-0.4, -0.2) is 34.8 Å². The summed E-state index contributed by atoms with van der Waals surface area (Å²) >= 11 is 7.22. The summed E-state index contributed by atoms with van der Waals surface area (Å²) in [4.78, 5) is 50.9. The molecule has 2 N–H and O–H groups in total. The number of benzene rings is 1. The summed E-state index contributed by atoms with van der Waals surface area (Å²) in [5, 5.41) is 6.13. The number of hydrogen-bond donors (Lipinski definition) is 2. The van der Waals surface area contributed by atoms with E-state index < -0.39 is 18.0 Å². The molecule has 2 aliphatic heterocycles. The fourth-order valence-corrected chi connectivity index (χ4v) is 5.08. The van der Waals surface area contributed by atoms with Crippen molar-refractivity contribution in [2.45, 2.75) is 38.6 Å². The second kappa shape index (κ2) is 9.82. The van der Waals surface area contributed by atoms with Gasteiger partial charge in [-0.3, -0.25) is 19.7 Å². The van der Waals surface area contributed by atoms with E-state index in [1.54, 1.807) is 12.1 Å². The van der Waals surface area contributed by atoms with Gasteiger partial charge in [0.1, 0.15) is 12.6 Å². The van der Waals surface area contributed by atoms with E-state index in [-0.39, 0.29) is 31.4 Å². The molecule has 1 fully saturated rings. The molecule has 0 bridgehead atoms. The van der Waals surface area contributed by atoms with Crippen molar-refractivity contribution in [1.82, 2.24) is 15.5 Å². The second-order valence-electron chi connectivity index (χ2n) is 8.01. The molecule has 10 heteroatoms. The van der Waals surface area contributed by atoms with E-state index in [4.69, 9.17) is 16.3 Å². The number of allylic oxidation sites excluding steroid dienone is 1. The molecule has 1 unspecified atom stereocenters. The summed E-state index contributed by atoms with van der Waals surface area (Å²) in [6.45, 7) is 8.13. The van der Waals surface area contributed by atoms with Gasteiger partial charge in [-0.2, -0.15) is 0 Å². The minimum atomic E-state index is -0.661. The third-order valence-corrected chi connectivity index (χ3v) is 6.76. The van der Waals surface area contributed by atoms with E-state index >= 15 is 0 Å². The zero-order valence-electron chi connectivity index (χ0n) is 18.2. The Balaban J connectivity index is 1.33. The van der Waals surface area contributed by atoms with Gasteiger partial charge in [0, 0.05) is 39.5 Å². The summed E-state index contributed by atoms with van der Waals surface area (Å²) in [6, 6.07) is 6.50. The lowest BCUT2D eigenvalue weighted by Crippen LogP contribution is -2.52. The van der Waals surface area contributed by atoms with Crippen molar-refractivity contribution < 1.29 is 23.9 Å². The number of amides is 4. The maximum absolute atomic E-state index is 12.9. The summed E-state index contributed by atoms with van der Waals surface area (Å²) in [7, 11) is 0. The summed E-state index contributed by atoms with van der Waals surface area (Å²) < 4.78 is 6.12. The largest absolute Gasteiger partial charge is 0.444 e. The number of imide groups is 1. The average molecular weight is 500 g/mol. The van der Waals surface area contributed by atoms with Gasteiger partial charge in [-0.15, -0.1) is 11.3 Å². The number of halogens is 1. The van der Waals surface area contributed by atoms with Gasteiger partial charge < -0.3 is 15.0 Å². The van der Waals surface area contributed by atoms with Gasteiger partial charge in [0.05, 0.1) is 0 Å². The molecule has 34 heavy (non-hydrogen) atoms. The zero-order chi connectivity index (χ0) is 24.4. The Bertz CT molecular complexity index is 1320. The number of fused-ring (bicyclic) bond motifs is 1. The molecule has 1 aromatic heterocycles. The molecule has 176 valence electrons. The lowest BCUT2D eigenvalue weighted by molar-refractivity contribution is -0.136. The number of nitrogens with one attached hydrogen (secondary N) is 2. The van der Waals surface area contributed by atoms with Crippen molar-refractivity contribution in [1.29, 1.82) is 0 Å². The molecule has 3 heterocycles. The molecule has 0 spiro atoms. The van der Waals surface area contributed by atoms with Crippen molar-refractivity contribution in [2.75, 3.05) is 0 Å². The molecule has 4 amide bonds. The van der Waals surface area contributed by atoms with Crippen LogP contribution in [0.2, 0.25) is 0 Å². The monoisotopic (exact) mass is 499 g/mol. The molecule has 0 aliphatic carbocycles. The molecule has 1 aromatic carbocycles. The maximum atomic E-state index is 12.9. The topological polar surface area (TPSA) is 105 Å². The maximum Gasteiger partial charge on any atom is 0.407 e. The minimum Gasteiger partial charge on any atom is -0.444 e. The van der Waals surface area contributed by atoms with Crippen LogP contribution < -0.4 is 20.4 Å². The van der Waals surface area contributed by atoms with E-state index in [9.17, 15) is 19.2 Å². The highest BCUT2D eigenvalue weighted by Gasteiger charge is 2.39. The zero-order valence-corrected chi connectivity index (χ0v) is 19.8. The first kappa shape index (κ1) is 23.7. The van der Waals surface area contributed by atoms with Crippen molar-refractivity contribution in [3.63, 3.8) is 0 Å². The predicted molar refractivity (Wildman–Crippen MR) is 128 cm³/mol. The highest BCUT2D eigenvalue weighted by atomic mass is 35.5. The molecule has 2 aliphatic rings. The Morgan fingerprint density at radius 3 is 2.85 bits per heavy atom. The van der Waals surface area contributed by atoms with E-state index in [1.165, 1.54) is 16.2 Å². The number of rotatable bonds is 6.